The fourth-order valence-corrected chi connectivity index (χ4v) is 3.47. The van der Waals surface area contributed by atoms with Gasteiger partial charge in [0.2, 0.25) is 0 Å². The lowest BCUT2D eigenvalue weighted by Gasteiger charge is -2.17. The second-order valence-corrected chi connectivity index (χ2v) is 7.11. The van der Waals surface area contributed by atoms with Crippen LogP contribution in [0.5, 0.6) is 0 Å². The van der Waals surface area contributed by atoms with Crippen LogP contribution >= 0.6 is 0 Å². The summed E-state index contributed by atoms with van der Waals surface area (Å²) in [6.07, 6.45) is 3.70. The molecule has 2 aromatic heterocycles. The van der Waals surface area contributed by atoms with Crippen LogP contribution in [0.3, 0.4) is 0 Å². The average molecular weight is 385 g/mol. The quantitative estimate of drug-likeness (QED) is 0.524. The van der Waals surface area contributed by atoms with Crippen LogP contribution in [-0.2, 0) is 13.6 Å². The maximum Gasteiger partial charge on any atom is 0.258 e. The van der Waals surface area contributed by atoms with Gasteiger partial charge in [0.1, 0.15) is 5.69 Å². The fourth-order valence-electron chi connectivity index (χ4n) is 3.47. The molecule has 2 aromatic carbocycles. The SMILES string of the molecule is Cc1c(C(=O)N(C)Cc2cnn(C)c2)c(-c2ccccc2)nn1-c1ccccc1. The van der Waals surface area contributed by atoms with E-state index in [1.54, 1.807) is 15.8 Å². The first kappa shape index (κ1) is 18.7. The second kappa shape index (κ2) is 7.75. The smallest absolute Gasteiger partial charge is 0.258 e. The first-order chi connectivity index (χ1) is 14.0. The van der Waals surface area contributed by atoms with Crippen LogP contribution in [0.15, 0.2) is 73.1 Å². The Bertz CT molecular complexity index is 1130. The van der Waals surface area contributed by atoms with Gasteiger partial charge in [-0.1, -0.05) is 48.5 Å². The van der Waals surface area contributed by atoms with Gasteiger partial charge in [0.05, 0.1) is 23.1 Å². The number of amides is 1. The summed E-state index contributed by atoms with van der Waals surface area (Å²) >= 11 is 0. The van der Waals surface area contributed by atoms with Gasteiger partial charge < -0.3 is 4.90 Å². The van der Waals surface area contributed by atoms with Crippen LogP contribution < -0.4 is 0 Å². The molecule has 0 fully saturated rings. The van der Waals surface area contributed by atoms with E-state index in [4.69, 9.17) is 5.10 Å². The van der Waals surface area contributed by atoms with E-state index in [0.29, 0.717) is 17.8 Å². The van der Waals surface area contributed by atoms with Crippen molar-refractivity contribution in [3.63, 3.8) is 0 Å². The number of para-hydroxylation sites is 1. The molecular formula is C23H23N5O. The average Bonchev–Trinajstić information content (AvgIpc) is 3.31. The van der Waals surface area contributed by atoms with E-state index in [1.807, 2.05) is 92.6 Å². The zero-order valence-electron chi connectivity index (χ0n) is 16.8. The molecule has 1 amide bonds. The van der Waals surface area contributed by atoms with Gasteiger partial charge in [-0.3, -0.25) is 9.48 Å². The molecule has 2 heterocycles. The molecule has 0 aliphatic heterocycles. The van der Waals surface area contributed by atoms with Gasteiger partial charge in [-0.05, 0) is 19.1 Å². The van der Waals surface area contributed by atoms with E-state index < -0.39 is 0 Å². The Morgan fingerprint density at radius 1 is 1.03 bits per heavy atom. The molecule has 0 bridgehead atoms. The molecule has 0 N–H and O–H groups in total. The number of benzene rings is 2. The van der Waals surface area contributed by atoms with Gasteiger partial charge in [0, 0.05) is 38.0 Å². The second-order valence-electron chi connectivity index (χ2n) is 7.11. The van der Waals surface area contributed by atoms with E-state index in [2.05, 4.69) is 5.10 Å². The Kier molecular flexibility index (Phi) is 4.99. The highest BCUT2D eigenvalue weighted by atomic mass is 16.2. The van der Waals surface area contributed by atoms with Crippen LogP contribution in [-0.4, -0.2) is 37.4 Å². The van der Waals surface area contributed by atoms with Crippen molar-refractivity contribution in [1.82, 2.24) is 24.5 Å². The summed E-state index contributed by atoms with van der Waals surface area (Å²) < 4.78 is 3.58. The molecule has 4 rings (SSSR count). The molecule has 0 saturated carbocycles. The summed E-state index contributed by atoms with van der Waals surface area (Å²) in [5, 5.41) is 9.01. The summed E-state index contributed by atoms with van der Waals surface area (Å²) in [5.74, 6) is -0.0626. The molecule has 6 nitrogen and oxygen atoms in total. The van der Waals surface area contributed by atoms with Crippen molar-refractivity contribution < 1.29 is 4.79 Å². The Hall–Kier alpha value is -3.67. The minimum absolute atomic E-state index is 0.0626. The predicted octanol–water partition coefficient (Wildman–Crippen LogP) is 3.85. The molecule has 4 aromatic rings. The largest absolute Gasteiger partial charge is 0.337 e. The minimum atomic E-state index is -0.0626. The summed E-state index contributed by atoms with van der Waals surface area (Å²) in [4.78, 5) is 15.2. The van der Waals surface area contributed by atoms with Gasteiger partial charge in [-0.15, -0.1) is 0 Å². The molecule has 0 saturated heterocycles. The number of aryl methyl sites for hydroxylation is 1. The Morgan fingerprint density at radius 3 is 2.31 bits per heavy atom. The first-order valence-electron chi connectivity index (χ1n) is 9.48. The van der Waals surface area contributed by atoms with Crippen molar-refractivity contribution in [3.8, 4) is 16.9 Å². The first-order valence-corrected chi connectivity index (χ1v) is 9.48. The molecule has 0 aliphatic carbocycles. The minimum Gasteiger partial charge on any atom is -0.337 e. The maximum atomic E-state index is 13.5. The summed E-state index contributed by atoms with van der Waals surface area (Å²) in [7, 11) is 3.68. The number of aromatic nitrogens is 4. The van der Waals surface area contributed by atoms with Gasteiger partial charge >= 0.3 is 0 Å². The number of rotatable bonds is 5. The topological polar surface area (TPSA) is 56.0 Å². The van der Waals surface area contributed by atoms with Crippen molar-refractivity contribution in [1.29, 1.82) is 0 Å². The zero-order chi connectivity index (χ0) is 20.4. The molecule has 0 radical (unpaired) electrons. The van der Waals surface area contributed by atoms with Crippen LogP contribution in [0, 0.1) is 6.92 Å². The summed E-state index contributed by atoms with van der Waals surface area (Å²) in [6, 6.07) is 19.7. The lowest BCUT2D eigenvalue weighted by atomic mass is 10.0. The van der Waals surface area contributed by atoms with E-state index in [1.165, 1.54) is 0 Å². The number of carbonyl (C=O) groups is 1. The van der Waals surface area contributed by atoms with Gasteiger partial charge in [-0.2, -0.15) is 10.2 Å². The van der Waals surface area contributed by atoms with Gasteiger partial charge in [0.25, 0.3) is 5.91 Å². The Balaban J connectivity index is 1.78. The van der Waals surface area contributed by atoms with Crippen molar-refractivity contribution >= 4 is 5.91 Å². The third-order valence-corrected chi connectivity index (χ3v) is 4.90. The van der Waals surface area contributed by atoms with Crippen molar-refractivity contribution in [3.05, 3.63) is 89.9 Å². The lowest BCUT2D eigenvalue weighted by molar-refractivity contribution is 0.0785. The maximum absolute atomic E-state index is 13.5. The van der Waals surface area contributed by atoms with Crippen LogP contribution in [0.25, 0.3) is 16.9 Å². The highest BCUT2D eigenvalue weighted by molar-refractivity contribution is 6.01. The van der Waals surface area contributed by atoms with Crippen LogP contribution in [0.2, 0.25) is 0 Å². The van der Waals surface area contributed by atoms with E-state index in [9.17, 15) is 4.79 Å². The monoisotopic (exact) mass is 385 g/mol. The summed E-state index contributed by atoms with van der Waals surface area (Å²) in [6.45, 7) is 2.43. The normalized spacial score (nSPS) is 10.9. The van der Waals surface area contributed by atoms with E-state index >= 15 is 0 Å². The van der Waals surface area contributed by atoms with Crippen LogP contribution in [0.1, 0.15) is 21.6 Å². The molecule has 6 heteroatoms. The van der Waals surface area contributed by atoms with Crippen molar-refractivity contribution in [2.45, 2.75) is 13.5 Å². The molecule has 0 spiro atoms. The Morgan fingerprint density at radius 2 is 1.69 bits per heavy atom. The van der Waals surface area contributed by atoms with Crippen molar-refractivity contribution in [2.24, 2.45) is 7.05 Å². The number of hydrogen-bond acceptors (Lipinski definition) is 3. The number of hydrogen-bond donors (Lipinski definition) is 0. The molecular weight excluding hydrogens is 362 g/mol. The fraction of sp³-hybridized carbons (Fsp3) is 0.174. The van der Waals surface area contributed by atoms with Crippen LogP contribution in [0.4, 0.5) is 0 Å². The van der Waals surface area contributed by atoms with E-state index in [-0.39, 0.29) is 5.91 Å². The third kappa shape index (κ3) is 3.69. The van der Waals surface area contributed by atoms with E-state index in [0.717, 1.165) is 22.5 Å². The summed E-state index contributed by atoms with van der Waals surface area (Å²) in [5.41, 5.74) is 4.96. The zero-order valence-corrected chi connectivity index (χ0v) is 16.8. The number of carbonyl (C=O) groups excluding carboxylic acids is 1. The number of nitrogens with zero attached hydrogens (tertiary/aromatic N) is 5. The molecule has 0 atom stereocenters. The third-order valence-electron chi connectivity index (χ3n) is 4.90. The van der Waals surface area contributed by atoms with Crippen molar-refractivity contribution in [2.75, 3.05) is 7.05 Å². The Labute approximate surface area is 170 Å². The lowest BCUT2D eigenvalue weighted by Crippen LogP contribution is -2.27. The highest BCUT2D eigenvalue weighted by Gasteiger charge is 2.25. The van der Waals surface area contributed by atoms with Gasteiger partial charge in [0.15, 0.2) is 0 Å². The molecule has 146 valence electrons. The molecule has 0 aliphatic rings. The van der Waals surface area contributed by atoms with Gasteiger partial charge in [-0.25, -0.2) is 4.68 Å². The highest BCUT2D eigenvalue weighted by Crippen LogP contribution is 2.28. The predicted molar refractivity (Wildman–Crippen MR) is 113 cm³/mol. The molecule has 29 heavy (non-hydrogen) atoms. The molecule has 0 unspecified atom stereocenters. The standard InChI is InChI=1S/C23H23N5O/c1-17-21(23(29)26(2)15-18-14-24-27(3)16-18)22(19-10-6-4-7-11-19)25-28(17)20-12-8-5-9-13-20/h4-14,16H,15H2,1-3H3.